The summed E-state index contributed by atoms with van der Waals surface area (Å²) in [4.78, 5) is 14.2. The number of esters is 1. The van der Waals surface area contributed by atoms with Crippen LogP contribution in [-0.4, -0.2) is 54.6 Å². The standard InChI is InChI=1S/C22H27FO2S.C20H29FO3S/c1-15-9-11-19(12-10-15)26-22-17(3)16(2)21(23)20(25-22)14-24-13-18-7-5-4-6-8-18;1-12-7-9-15(10-8-12)25-18-14(3)13(2)17(21)16(24-18)11-23-19(22)20(4,5)6/h4-12,16-17,20-22H,13-14H2,1-3H3;7-10,13-14,16-18H,11H2,1-6H3. The third-order valence-electron chi connectivity index (χ3n) is 9.78. The second kappa shape index (κ2) is 19.1. The maximum atomic E-state index is 14.8. The number of alkyl halides is 2. The van der Waals surface area contributed by atoms with E-state index in [9.17, 15) is 13.6 Å². The summed E-state index contributed by atoms with van der Waals surface area (Å²) >= 11 is 3.28. The average Bonchev–Trinajstić information content (AvgIpc) is 3.11. The molecule has 0 aromatic heterocycles. The van der Waals surface area contributed by atoms with E-state index in [1.54, 1.807) is 44.3 Å². The van der Waals surface area contributed by atoms with Crippen LogP contribution in [0.4, 0.5) is 8.78 Å². The van der Waals surface area contributed by atoms with Crippen LogP contribution in [0.5, 0.6) is 0 Å². The molecule has 0 amide bonds. The molecule has 2 aliphatic rings. The van der Waals surface area contributed by atoms with Crippen LogP contribution in [-0.2, 0) is 30.3 Å². The largest absolute Gasteiger partial charge is 0.462 e. The Morgan fingerprint density at radius 3 is 1.53 bits per heavy atom. The molecule has 10 unspecified atom stereocenters. The Bertz CT molecular complexity index is 1480. The lowest BCUT2D eigenvalue weighted by molar-refractivity contribution is -0.169. The number of carbonyl (C=O) groups is 1. The summed E-state index contributed by atoms with van der Waals surface area (Å²) in [6.07, 6.45) is -3.39. The van der Waals surface area contributed by atoms with Crippen LogP contribution in [0.1, 0.15) is 65.2 Å². The first-order valence-electron chi connectivity index (χ1n) is 18.0. The highest BCUT2D eigenvalue weighted by molar-refractivity contribution is 8.00. The SMILES string of the molecule is Cc1ccc(SC2OC(COC(=O)C(C)(C)C)C(F)C(C)C2C)cc1.Cc1ccc(SC2OC(COCc3ccccc3)C(F)C(C)C2C)cc1. The highest BCUT2D eigenvalue weighted by atomic mass is 32.2. The van der Waals surface area contributed by atoms with Gasteiger partial charge in [0.25, 0.3) is 0 Å². The Morgan fingerprint density at radius 1 is 0.667 bits per heavy atom. The molecule has 3 aromatic carbocycles. The molecule has 2 fully saturated rings. The van der Waals surface area contributed by atoms with Crippen molar-refractivity contribution in [3.8, 4) is 0 Å². The second-order valence-corrected chi connectivity index (χ2v) is 17.5. The minimum atomic E-state index is -1.14. The fourth-order valence-corrected chi connectivity index (χ4v) is 8.22. The van der Waals surface area contributed by atoms with Crippen LogP contribution in [0, 0.1) is 42.9 Å². The van der Waals surface area contributed by atoms with Crippen molar-refractivity contribution in [2.24, 2.45) is 29.1 Å². The maximum Gasteiger partial charge on any atom is 0.311 e. The Hall–Kier alpha value is -2.43. The molecule has 5 rings (SSSR count). The van der Waals surface area contributed by atoms with Crippen molar-refractivity contribution in [1.29, 1.82) is 0 Å². The topological polar surface area (TPSA) is 54.0 Å². The van der Waals surface area contributed by atoms with Gasteiger partial charge in [-0.15, -0.1) is 0 Å². The van der Waals surface area contributed by atoms with Gasteiger partial charge in [0, 0.05) is 9.79 Å². The molecule has 51 heavy (non-hydrogen) atoms. The van der Waals surface area contributed by atoms with E-state index in [2.05, 4.69) is 62.4 Å². The van der Waals surface area contributed by atoms with E-state index in [4.69, 9.17) is 18.9 Å². The van der Waals surface area contributed by atoms with E-state index in [0.29, 0.717) is 6.61 Å². The molecular formula is C42H56F2O5S2. The van der Waals surface area contributed by atoms with Crippen LogP contribution in [0.25, 0.3) is 0 Å². The minimum Gasteiger partial charge on any atom is -0.462 e. The van der Waals surface area contributed by atoms with Crippen molar-refractivity contribution >= 4 is 29.5 Å². The molecule has 2 saturated heterocycles. The molecule has 9 heteroatoms. The molecule has 280 valence electrons. The Balaban J connectivity index is 0.000000229. The van der Waals surface area contributed by atoms with Crippen molar-refractivity contribution in [2.75, 3.05) is 13.2 Å². The highest BCUT2D eigenvalue weighted by Gasteiger charge is 2.44. The summed E-state index contributed by atoms with van der Waals surface area (Å²) in [6.45, 7) is 18.1. The summed E-state index contributed by atoms with van der Waals surface area (Å²) in [5.41, 5.74) is 2.69. The highest BCUT2D eigenvalue weighted by Crippen LogP contribution is 2.42. The van der Waals surface area contributed by atoms with E-state index in [-0.39, 0.29) is 53.7 Å². The molecule has 10 atom stereocenters. The maximum absolute atomic E-state index is 14.8. The number of hydrogen-bond donors (Lipinski definition) is 0. The van der Waals surface area contributed by atoms with Gasteiger partial charge >= 0.3 is 5.97 Å². The summed E-state index contributed by atoms with van der Waals surface area (Å²) < 4.78 is 52.6. The Kier molecular flexibility index (Phi) is 15.4. The lowest BCUT2D eigenvalue weighted by Crippen LogP contribution is -2.48. The number of rotatable bonds is 10. The first kappa shape index (κ1) is 41.3. The van der Waals surface area contributed by atoms with Gasteiger partial charge in [-0.05, 0) is 88.1 Å². The molecule has 0 saturated carbocycles. The van der Waals surface area contributed by atoms with Crippen LogP contribution >= 0.6 is 23.5 Å². The van der Waals surface area contributed by atoms with Gasteiger partial charge in [0.05, 0.1) is 18.6 Å². The lowest BCUT2D eigenvalue weighted by Gasteiger charge is -2.41. The van der Waals surface area contributed by atoms with E-state index in [1.807, 2.05) is 58.0 Å². The molecule has 0 bridgehead atoms. The van der Waals surface area contributed by atoms with Gasteiger partial charge in [0.1, 0.15) is 42.0 Å². The molecule has 0 N–H and O–H groups in total. The third kappa shape index (κ3) is 12.0. The van der Waals surface area contributed by atoms with Crippen molar-refractivity contribution in [3.63, 3.8) is 0 Å². The van der Waals surface area contributed by atoms with Crippen LogP contribution in [0.2, 0.25) is 0 Å². The third-order valence-corrected chi connectivity index (χ3v) is 12.4. The average molecular weight is 743 g/mol. The van der Waals surface area contributed by atoms with Gasteiger partial charge in [-0.2, -0.15) is 0 Å². The number of thioether (sulfide) groups is 2. The zero-order chi connectivity index (χ0) is 37.3. The number of benzene rings is 3. The van der Waals surface area contributed by atoms with E-state index in [0.717, 1.165) is 15.4 Å². The number of ether oxygens (including phenoxy) is 4. The van der Waals surface area contributed by atoms with Crippen molar-refractivity contribution in [2.45, 2.75) is 114 Å². The van der Waals surface area contributed by atoms with Gasteiger partial charge in [0.15, 0.2) is 0 Å². The van der Waals surface area contributed by atoms with Crippen LogP contribution in [0.15, 0.2) is 88.7 Å². The molecule has 0 spiro atoms. The number of aryl methyl sites for hydroxylation is 2. The molecule has 0 aliphatic carbocycles. The van der Waals surface area contributed by atoms with Gasteiger partial charge < -0.3 is 18.9 Å². The zero-order valence-corrected chi connectivity index (χ0v) is 33.1. The quantitative estimate of drug-likeness (QED) is 0.192. The van der Waals surface area contributed by atoms with Gasteiger partial charge in [-0.3, -0.25) is 4.79 Å². The summed E-state index contributed by atoms with van der Waals surface area (Å²) in [6, 6.07) is 26.6. The van der Waals surface area contributed by atoms with Gasteiger partial charge in [-0.1, -0.05) is 117 Å². The normalized spacial score (nSPS) is 29.5. The van der Waals surface area contributed by atoms with E-state index < -0.39 is 30.0 Å². The summed E-state index contributed by atoms with van der Waals surface area (Å²) in [5, 5.41) is 0. The lowest BCUT2D eigenvalue weighted by atomic mass is 9.87. The molecular weight excluding hydrogens is 687 g/mol. The molecule has 0 radical (unpaired) electrons. The second-order valence-electron chi connectivity index (χ2n) is 15.1. The zero-order valence-electron chi connectivity index (χ0n) is 31.5. The summed E-state index contributed by atoms with van der Waals surface area (Å²) in [5.74, 6) is -0.345. The van der Waals surface area contributed by atoms with Gasteiger partial charge in [0.2, 0.25) is 0 Å². The molecule has 5 nitrogen and oxygen atoms in total. The van der Waals surface area contributed by atoms with Crippen molar-refractivity contribution < 1.29 is 32.5 Å². The van der Waals surface area contributed by atoms with Crippen molar-refractivity contribution in [1.82, 2.24) is 0 Å². The Morgan fingerprint density at radius 2 is 1.10 bits per heavy atom. The smallest absolute Gasteiger partial charge is 0.311 e. The molecule has 3 aromatic rings. The fraction of sp³-hybridized carbons (Fsp3) is 0.548. The van der Waals surface area contributed by atoms with Crippen LogP contribution in [0.3, 0.4) is 0 Å². The fourth-order valence-electron chi connectivity index (χ4n) is 5.77. The first-order chi connectivity index (χ1) is 24.1. The Labute approximate surface area is 312 Å². The van der Waals surface area contributed by atoms with Gasteiger partial charge in [-0.25, -0.2) is 8.78 Å². The predicted molar refractivity (Wildman–Crippen MR) is 204 cm³/mol. The number of halogens is 2. The molecule has 2 aliphatic heterocycles. The van der Waals surface area contributed by atoms with E-state index in [1.165, 1.54) is 11.1 Å². The number of hydrogen-bond acceptors (Lipinski definition) is 7. The molecule has 2 heterocycles. The van der Waals surface area contributed by atoms with E-state index >= 15 is 0 Å². The predicted octanol–water partition coefficient (Wildman–Crippen LogP) is 10.7. The summed E-state index contributed by atoms with van der Waals surface area (Å²) in [7, 11) is 0. The van der Waals surface area contributed by atoms with Crippen molar-refractivity contribution in [3.05, 3.63) is 95.6 Å². The monoisotopic (exact) mass is 742 g/mol. The first-order valence-corrected chi connectivity index (χ1v) is 19.7. The number of carbonyl (C=O) groups excluding carboxylic acids is 1. The van der Waals surface area contributed by atoms with Crippen LogP contribution < -0.4 is 0 Å². The minimum absolute atomic E-state index is 0.0424.